The molecule has 0 spiro atoms. The Bertz CT molecular complexity index is 632. The van der Waals surface area contributed by atoms with Crippen molar-refractivity contribution in [3.8, 4) is 0 Å². The molecule has 0 saturated heterocycles. The van der Waals surface area contributed by atoms with E-state index in [1.165, 1.54) is 16.5 Å². The quantitative estimate of drug-likeness (QED) is 0.841. The molecule has 1 atom stereocenters. The number of hydrogen-bond donors (Lipinski definition) is 2. The van der Waals surface area contributed by atoms with Crippen LogP contribution in [0.2, 0.25) is 0 Å². The molecule has 2 N–H and O–H groups in total. The molecule has 0 aliphatic rings. The molecule has 2 aromatic rings. The second-order valence-electron chi connectivity index (χ2n) is 5.30. The minimum Gasteiger partial charge on any atom is -0.333 e. The van der Waals surface area contributed by atoms with Crippen LogP contribution in [0.15, 0.2) is 48.5 Å². The summed E-state index contributed by atoms with van der Waals surface area (Å²) in [5, 5.41) is 2.57. The van der Waals surface area contributed by atoms with Crippen molar-refractivity contribution >= 4 is 11.6 Å². The lowest BCUT2D eigenvalue weighted by atomic mass is 10.2. The molecule has 0 saturated carbocycles. The fourth-order valence-electron chi connectivity index (χ4n) is 2.16. The SMILES string of the molecule is C[NH+](CCC(=O)Nc1ccc(F)c(F)c1)Cc1ccccc1. The Kier molecular flexibility index (Phi) is 5.61. The predicted molar refractivity (Wildman–Crippen MR) is 81.5 cm³/mol. The number of carbonyl (C=O) groups excluding carboxylic acids is 1. The Labute approximate surface area is 128 Å². The Morgan fingerprint density at radius 2 is 1.82 bits per heavy atom. The van der Waals surface area contributed by atoms with E-state index in [-0.39, 0.29) is 11.6 Å². The molecule has 3 nitrogen and oxygen atoms in total. The highest BCUT2D eigenvalue weighted by atomic mass is 19.2. The van der Waals surface area contributed by atoms with Crippen molar-refractivity contribution in [1.82, 2.24) is 0 Å². The van der Waals surface area contributed by atoms with Crippen molar-refractivity contribution in [3.05, 3.63) is 65.7 Å². The Hall–Kier alpha value is -2.27. The van der Waals surface area contributed by atoms with Gasteiger partial charge in [0.2, 0.25) is 5.91 Å². The van der Waals surface area contributed by atoms with Crippen LogP contribution in [0.5, 0.6) is 0 Å². The van der Waals surface area contributed by atoms with Gasteiger partial charge in [-0.05, 0) is 12.1 Å². The second-order valence-corrected chi connectivity index (χ2v) is 5.30. The van der Waals surface area contributed by atoms with Crippen LogP contribution in [0, 0.1) is 11.6 Å². The van der Waals surface area contributed by atoms with Crippen molar-refractivity contribution in [3.63, 3.8) is 0 Å². The van der Waals surface area contributed by atoms with Gasteiger partial charge in [0.05, 0.1) is 20.0 Å². The standard InChI is InChI=1S/C17H18F2N2O/c1-21(12-13-5-3-2-4-6-13)10-9-17(22)20-14-7-8-15(18)16(19)11-14/h2-8,11H,9-10,12H2,1H3,(H,20,22)/p+1. The van der Waals surface area contributed by atoms with E-state index in [0.29, 0.717) is 13.0 Å². The molecule has 0 heterocycles. The Morgan fingerprint density at radius 1 is 1.09 bits per heavy atom. The molecule has 2 aromatic carbocycles. The summed E-state index contributed by atoms with van der Waals surface area (Å²) < 4.78 is 25.9. The minimum atomic E-state index is -0.968. The number of rotatable bonds is 6. The zero-order chi connectivity index (χ0) is 15.9. The van der Waals surface area contributed by atoms with Crippen molar-refractivity contribution in [2.24, 2.45) is 0 Å². The zero-order valence-corrected chi connectivity index (χ0v) is 12.4. The zero-order valence-electron chi connectivity index (χ0n) is 12.4. The third-order valence-electron chi connectivity index (χ3n) is 3.33. The molecule has 0 fully saturated rings. The van der Waals surface area contributed by atoms with E-state index < -0.39 is 11.6 Å². The van der Waals surface area contributed by atoms with Crippen molar-refractivity contribution in [1.29, 1.82) is 0 Å². The van der Waals surface area contributed by atoms with Crippen LogP contribution < -0.4 is 10.2 Å². The Balaban J connectivity index is 1.78. The lowest BCUT2D eigenvalue weighted by Crippen LogP contribution is -3.07. The lowest BCUT2D eigenvalue weighted by molar-refractivity contribution is -0.893. The number of halogens is 2. The lowest BCUT2D eigenvalue weighted by Gasteiger charge is -2.14. The molecule has 0 aromatic heterocycles. The van der Waals surface area contributed by atoms with Crippen LogP contribution in [-0.2, 0) is 11.3 Å². The van der Waals surface area contributed by atoms with Crippen LogP contribution in [0.4, 0.5) is 14.5 Å². The minimum absolute atomic E-state index is 0.210. The fourth-order valence-corrected chi connectivity index (χ4v) is 2.16. The number of quaternary nitrogens is 1. The van der Waals surface area contributed by atoms with Crippen molar-refractivity contribution in [2.45, 2.75) is 13.0 Å². The van der Waals surface area contributed by atoms with Gasteiger partial charge < -0.3 is 10.2 Å². The highest BCUT2D eigenvalue weighted by Crippen LogP contribution is 2.13. The smallest absolute Gasteiger partial charge is 0.230 e. The first kappa shape index (κ1) is 16.1. The summed E-state index contributed by atoms with van der Waals surface area (Å²) in [6, 6.07) is 13.4. The number of amides is 1. The van der Waals surface area contributed by atoms with Crippen molar-refractivity contribution < 1.29 is 18.5 Å². The van der Waals surface area contributed by atoms with Gasteiger partial charge in [0, 0.05) is 17.3 Å². The summed E-state index contributed by atoms with van der Waals surface area (Å²) in [4.78, 5) is 13.0. The number of carbonyl (C=O) groups is 1. The molecule has 0 radical (unpaired) electrons. The van der Waals surface area contributed by atoms with Gasteiger partial charge in [0.1, 0.15) is 6.54 Å². The molecular weight excluding hydrogens is 286 g/mol. The van der Waals surface area contributed by atoms with E-state index in [9.17, 15) is 13.6 Å². The van der Waals surface area contributed by atoms with Crippen LogP contribution in [0.25, 0.3) is 0 Å². The predicted octanol–water partition coefficient (Wildman–Crippen LogP) is 2.01. The molecule has 2 rings (SSSR count). The fraction of sp³-hybridized carbons (Fsp3) is 0.235. The summed E-state index contributed by atoms with van der Waals surface area (Å²) >= 11 is 0. The maximum atomic E-state index is 13.1. The molecule has 1 unspecified atom stereocenters. The summed E-state index contributed by atoms with van der Waals surface area (Å²) in [6.45, 7) is 1.49. The molecule has 116 valence electrons. The number of hydrogen-bond acceptors (Lipinski definition) is 1. The van der Waals surface area contributed by atoms with E-state index in [4.69, 9.17) is 0 Å². The van der Waals surface area contributed by atoms with Gasteiger partial charge in [-0.2, -0.15) is 0 Å². The molecule has 22 heavy (non-hydrogen) atoms. The summed E-state index contributed by atoms with van der Waals surface area (Å²) in [5.41, 5.74) is 1.48. The monoisotopic (exact) mass is 305 g/mol. The second kappa shape index (κ2) is 7.66. The third-order valence-corrected chi connectivity index (χ3v) is 3.33. The maximum Gasteiger partial charge on any atom is 0.230 e. The van der Waals surface area contributed by atoms with E-state index in [1.807, 2.05) is 37.4 Å². The number of benzene rings is 2. The van der Waals surface area contributed by atoms with Crippen LogP contribution in [0.1, 0.15) is 12.0 Å². The average molecular weight is 305 g/mol. The largest absolute Gasteiger partial charge is 0.333 e. The summed E-state index contributed by atoms with van der Waals surface area (Å²) in [5.74, 6) is -2.10. The van der Waals surface area contributed by atoms with E-state index in [1.54, 1.807) is 0 Å². The Morgan fingerprint density at radius 3 is 2.50 bits per heavy atom. The highest BCUT2D eigenvalue weighted by molar-refractivity contribution is 5.90. The first-order valence-electron chi connectivity index (χ1n) is 7.15. The van der Waals surface area contributed by atoms with Crippen LogP contribution >= 0.6 is 0 Å². The molecule has 0 aliphatic carbocycles. The van der Waals surface area contributed by atoms with E-state index in [2.05, 4.69) is 5.32 Å². The van der Waals surface area contributed by atoms with Gasteiger partial charge in [-0.1, -0.05) is 30.3 Å². The normalized spacial score (nSPS) is 12.0. The molecule has 0 bridgehead atoms. The van der Waals surface area contributed by atoms with Gasteiger partial charge in [-0.3, -0.25) is 4.79 Å². The summed E-state index contributed by atoms with van der Waals surface area (Å²) in [6.07, 6.45) is 0.317. The van der Waals surface area contributed by atoms with Gasteiger partial charge in [-0.15, -0.1) is 0 Å². The van der Waals surface area contributed by atoms with Gasteiger partial charge in [0.25, 0.3) is 0 Å². The first-order valence-corrected chi connectivity index (χ1v) is 7.15. The first-order chi connectivity index (χ1) is 10.5. The topological polar surface area (TPSA) is 33.5 Å². The highest BCUT2D eigenvalue weighted by Gasteiger charge is 2.09. The van der Waals surface area contributed by atoms with E-state index in [0.717, 1.165) is 18.7 Å². The number of anilines is 1. The average Bonchev–Trinajstić information content (AvgIpc) is 2.50. The van der Waals surface area contributed by atoms with Crippen molar-refractivity contribution in [2.75, 3.05) is 18.9 Å². The van der Waals surface area contributed by atoms with Gasteiger partial charge in [0.15, 0.2) is 11.6 Å². The van der Waals surface area contributed by atoms with Crippen LogP contribution in [-0.4, -0.2) is 19.5 Å². The van der Waals surface area contributed by atoms with Gasteiger partial charge >= 0.3 is 0 Å². The number of nitrogens with one attached hydrogen (secondary N) is 2. The molecule has 1 amide bonds. The van der Waals surface area contributed by atoms with Gasteiger partial charge in [-0.25, -0.2) is 8.78 Å². The third kappa shape index (κ3) is 4.93. The molecular formula is C17H19F2N2O+. The van der Waals surface area contributed by atoms with E-state index >= 15 is 0 Å². The van der Waals surface area contributed by atoms with Crippen LogP contribution in [0.3, 0.4) is 0 Å². The maximum absolute atomic E-state index is 13.1. The summed E-state index contributed by atoms with van der Waals surface area (Å²) in [7, 11) is 2.01. The molecule has 5 heteroatoms. The molecule has 0 aliphatic heterocycles.